The topological polar surface area (TPSA) is 231 Å². The molecule has 0 fully saturated rings. The number of hydrogen-bond donors (Lipinski definition) is 4. The number of aliphatic hydroxyl groups excluding tert-OH is 2. The molecule has 109 heavy (non-hydrogen) atoms. The predicted octanol–water partition coefficient (Wildman–Crippen LogP) is 26.4. The van der Waals surface area contributed by atoms with Crippen LogP contribution in [-0.4, -0.2) is 95.9 Å². The highest BCUT2D eigenvalue weighted by atomic mass is 31.2. The Bertz CT molecular complexity index is 2460. The van der Waals surface area contributed by atoms with E-state index in [-0.39, 0.29) is 19.3 Å². The van der Waals surface area contributed by atoms with Crippen molar-refractivity contribution in [2.24, 2.45) is 0 Å². The summed E-state index contributed by atoms with van der Waals surface area (Å²) >= 11 is 0. The zero-order valence-electron chi connectivity index (χ0n) is 69.2. The Morgan fingerprint density at radius 2 is 0.486 bits per heavy atom. The number of phosphoric ester groups is 2. The quantitative estimate of drug-likeness (QED) is 0.0146. The Labute approximate surface area is 665 Å². The number of allylic oxidation sites excluding steroid dienone is 20. The van der Waals surface area contributed by atoms with Crippen LogP contribution < -0.4 is 0 Å². The van der Waals surface area contributed by atoms with E-state index in [1.165, 1.54) is 180 Å². The smallest absolute Gasteiger partial charge is 0.463 e. The van der Waals surface area contributed by atoms with Crippen molar-refractivity contribution in [3.05, 3.63) is 122 Å². The number of unbranched alkanes of at least 4 members (excludes halogenated alkanes) is 40. The molecule has 0 radical (unpaired) electrons. The molecular formula is C91H160O16P2. The summed E-state index contributed by atoms with van der Waals surface area (Å²) in [5, 5.41) is 20.7. The number of esters is 3. The molecule has 0 bridgehead atoms. The molecule has 0 rings (SSSR count). The normalized spacial score (nSPS) is 14.4. The molecule has 0 saturated carbocycles. The van der Waals surface area contributed by atoms with Crippen LogP contribution in [0.3, 0.4) is 0 Å². The summed E-state index contributed by atoms with van der Waals surface area (Å²) in [5.41, 5.74) is 0. The number of ether oxygens (including phenoxy) is 3. The van der Waals surface area contributed by atoms with E-state index in [9.17, 15) is 43.5 Å². The highest BCUT2D eigenvalue weighted by molar-refractivity contribution is 7.47. The minimum atomic E-state index is -4.94. The second kappa shape index (κ2) is 83.4. The minimum absolute atomic E-state index is 0.0930. The largest absolute Gasteiger partial charge is 0.472 e. The lowest BCUT2D eigenvalue weighted by molar-refractivity contribution is -0.161. The lowest BCUT2D eigenvalue weighted by Gasteiger charge is -2.21. The van der Waals surface area contributed by atoms with Crippen molar-refractivity contribution in [1.82, 2.24) is 0 Å². The molecule has 0 spiro atoms. The third-order valence-corrected chi connectivity index (χ3v) is 20.5. The molecule has 16 nitrogen and oxygen atoms in total. The van der Waals surface area contributed by atoms with Crippen molar-refractivity contribution in [1.29, 1.82) is 0 Å². The molecule has 0 heterocycles. The molecule has 0 aromatic heterocycles. The number of rotatable bonds is 83. The summed E-state index contributed by atoms with van der Waals surface area (Å²) in [6, 6.07) is 0. The average Bonchev–Trinajstić information content (AvgIpc) is 0.904. The average molecular weight is 1570 g/mol. The molecule has 0 amide bonds. The van der Waals surface area contributed by atoms with Gasteiger partial charge in [-0.3, -0.25) is 32.5 Å². The number of hydrogen-bond acceptors (Lipinski definition) is 14. The van der Waals surface area contributed by atoms with Crippen molar-refractivity contribution >= 4 is 33.6 Å². The Hall–Kier alpha value is -4.05. The van der Waals surface area contributed by atoms with Crippen LogP contribution in [0.2, 0.25) is 0 Å². The fourth-order valence-electron chi connectivity index (χ4n) is 12.0. The van der Waals surface area contributed by atoms with E-state index in [1.807, 2.05) is 0 Å². The molecule has 0 aromatic carbocycles. The van der Waals surface area contributed by atoms with Gasteiger partial charge in [0.1, 0.15) is 25.4 Å². The van der Waals surface area contributed by atoms with Crippen molar-refractivity contribution in [2.75, 3.05) is 39.6 Å². The van der Waals surface area contributed by atoms with Crippen LogP contribution >= 0.6 is 15.6 Å². The van der Waals surface area contributed by atoms with Crippen LogP contribution in [0.15, 0.2) is 122 Å². The van der Waals surface area contributed by atoms with Crippen LogP contribution in [0.4, 0.5) is 0 Å². The standard InChI is InChI=1S/C91H160O16P2/c1-4-7-10-13-16-19-22-25-28-30-32-34-36-38-39-40-41-42-43-44-45-47-49-50-52-54-57-59-62-65-68-71-74-77-89(94)101-80-86(92)81-103-108(97,98)104-82-87(93)83-105-109(99,100)106-85-88(107-91(96)79-76-73-70-67-64-61-56-27-24-21-18-15-12-9-6-3)84-102-90(95)78-75-72-69-66-63-60-58-55-53-51-48-46-37-35-33-31-29-26-23-20-17-14-11-8-5-2/h8,11,16-17,19-20,25-29,32-35,38-39,46,48,56,86-88,92-93H,4-7,9-10,12-15,18,21-24,30-31,36-37,40-45,47,49-55,57-85H2,1-3H3,(H,97,98)(H,99,100)/b11-8-,19-16-,20-17-,28-25-,29-26-,34-32-,35-33-,39-38-,48-46-,56-27-. The fraction of sp³-hybridized carbons (Fsp3) is 0.747. The maximum atomic E-state index is 13.0. The maximum absolute atomic E-state index is 13.0. The van der Waals surface area contributed by atoms with E-state index in [2.05, 4.69) is 142 Å². The van der Waals surface area contributed by atoms with E-state index in [4.69, 9.17) is 32.3 Å². The fourth-order valence-corrected chi connectivity index (χ4v) is 13.6. The minimum Gasteiger partial charge on any atom is -0.463 e. The van der Waals surface area contributed by atoms with Crippen LogP contribution in [0.5, 0.6) is 0 Å². The summed E-state index contributed by atoms with van der Waals surface area (Å²) in [6.07, 6.45) is 101. The Morgan fingerprint density at radius 1 is 0.266 bits per heavy atom. The van der Waals surface area contributed by atoms with Gasteiger partial charge in [-0.15, -0.1) is 0 Å². The lowest BCUT2D eigenvalue weighted by atomic mass is 10.0. The molecule has 630 valence electrons. The zero-order valence-corrected chi connectivity index (χ0v) is 71.0. The van der Waals surface area contributed by atoms with Gasteiger partial charge in [-0.1, -0.05) is 348 Å². The molecule has 0 aliphatic carbocycles. The van der Waals surface area contributed by atoms with Crippen LogP contribution in [0.1, 0.15) is 380 Å². The SMILES string of the molecule is CC/C=C\C/C=C\C/C=C\C/C=C\C/C=C\CCCCCCCCCCCC(=O)OCC(COP(=O)(O)OCC(O)COP(=O)(O)OCC(O)COC(=O)CCCCCCCCCCCCCCCCCCC/C=C\C/C=C\C/C=C\C/C=C\CCCCC)OC(=O)CCCCCCC/C=C\CCCCCCCC. The van der Waals surface area contributed by atoms with Crippen molar-refractivity contribution < 1.29 is 75.8 Å². The monoisotopic (exact) mass is 1570 g/mol. The molecule has 0 aliphatic heterocycles. The van der Waals surface area contributed by atoms with Gasteiger partial charge < -0.3 is 34.2 Å². The van der Waals surface area contributed by atoms with Gasteiger partial charge >= 0.3 is 33.6 Å². The second-order valence-corrected chi connectivity index (χ2v) is 32.2. The van der Waals surface area contributed by atoms with Crippen LogP contribution in [0, 0.1) is 0 Å². The predicted molar refractivity (Wildman–Crippen MR) is 454 cm³/mol. The van der Waals surface area contributed by atoms with Gasteiger partial charge in [0.25, 0.3) is 0 Å². The summed E-state index contributed by atoms with van der Waals surface area (Å²) in [4.78, 5) is 58.8. The van der Waals surface area contributed by atoms with E-state index in [1.54, 1.807) is 0 Å². The van der Waals surface area contributed by atoms with Crippen LogP contribution in [-0.2, 0) is 55.8 Å². The zero-order chi connectivity index (χ0) is 79.4. The summed E-state index contributed by atoms with van der Waals surface area (Å²) in [5.74, 6) is -1.58. The number of carbonyl (C=O) groups is 3. The molecule has 18 heteroatoms. The highest BCUT2D eigenvalue weighted by Crippen LogP contribution is 2.45. The summed E-state index contributed by atoms with van der Waals surface area (Å²) in [6.45, 7) is 2.57. The Morgan fingerprint density at radius 3 is 0.798 bits per heavy atom. The Balaban J connectivity index is 4.46. The van der Waals surface area contributed by atoms with Gasteiger partial charge in [-0.05, 0) is 135 Å². The molecule has 4 N–H and O–H groups in total. The van der Waals surface area contributed by atoms with Crippen molar-refractivity contribution in [3.8, 4) is 0 Å². The summed E-state index contributed by atoms with van der Waals surface area (Å²) in [7, 11) is -9.80. The summed E-state index contributed by atoms with van der Waals surface area (Å²) < 4.78 is 61.3. The van der Waals surface area contributed by atoms with E-state index in [0.717, 1.165) is 141 Å². The third-order valence-electron chi connectivity index (χ3n) is 18.6. The second-order valence-electron chi connectivity index (χ2n) is 29.3. The van der Waals surface area contributed by atoms with Gasteiger partial charge in [-0.2, -0.15) is 0 Å². The molecular weight excluding hydrogens is 1410 g/mol. The van der Waals surface area contributed by atoms with Gasteiger partial charge in [-0.25, -0.2) is 9.13 Å². The van der Waals surface area contributed by atoms with Crippen molar-refractivity contribution in [3.63, 3.8) is 0 Å². The van der Waals surface area contributed by atoms with Crippen LogP contribution in [0.25, 0.3) is 0 Å². The number of carbonyl (C=O) groups excluding carboxylic acids is 3. The van der Waals surface area contributed by atoms with Crippen molar-refractivity contribution in [2.45, 2.75) is 399 Å². The number of phosphoric acid groups is 2. The van der Waals surface area contributed by atoms with Gasteiger partial charge in [0, 0.05) is 19.3 Å². The first-order valence-corrected chi connectivity index (χ1v) is 46.8. The first kappa shape index (κ1) is 105. The first-order chi connectivity index (χ1) is 53.2. The maximum Gasteiger partial charge on any atom is 0.472 e. The van der Waals surface area contributed by atoms with Gasteiger partial charge in [0.05, 0.1) is 26.4 Å². The molecule has 0 aliphatic rings. The van der Waals surface area contributed by atoms with E-state index in [0.29, 0.717) is 19.3 Å². The molecule has 0 aromatic rings. The first-order valence-electron chi connectivity index (χ1n) is 43.8. The molecule has 0 saturated heterocycles. The van der Waals surface area contributed by atoms with Gasteiger partial charge in [0.15, 0.2) is 6.10 Å². The molecule has 5 unspecified atom stereocenters. The Kier molecular flexibility index (Phi) is 80.3. The lowest BCUT2D eigenvalue weighted by Crippen LogP contribution is -2.30. The number of aliphatic hydroxyl groups is 2. The van der Waals surface area contributed by atoms with Gasteiger partial charge in [0.2, 0.25) is 0 Å². The van der Waals surface area contributed by atoms with E-state index < -0.39 is 91.5 Å². The molecule has 5 atom stereocenters. The highest BCUT2D eigenvalue weighted by Gasteiger charge is 2.29. The van der Waals surface area contributed by atoms with E-state index >= 15 is 0 Å². The third kappa shape index (κ3) is 84.7.